The molecule has 45 heavy (non-hydrogen) atoms. The Bertz CT molecular complexity index is 2320. The van der Waals surface area contributed by atoms with Gasteiger partial charge in [-0.25, -0.2) is 0 Å². The number of hydrogen-bond acceptors (Lipinski definition) is 2. The van der Waals surface area contributed by atoms with Crippen molar-refractivity contribution in [2.45, 2.75) is 44.9 Å². The van der Waals surface area contributed by atoms with Crippen LogP contribution in [-0.2, 0) is 10.8 Å². The van der Waals surface area contributed by atoms with E-state index >= 15 is 0 Å². The lowest BCUT2D eigenvalue weighted by atomic mass is 9.78. The van der Waals surface area contributed by atoms with Crippen molar-refractivity contribution in [3.8, 4) is 22.3 Å². The van der Waals surface area contributed by atoms with Crippen molar-refractivity contribution in [1.82, 2.24) is 0 Å². The van der Waals surface area contributed by atoms with Gasteiger partial charge >= 0.3 is 0 Å². The Kier molecular flexibility index (Phi) is 5.39. The second-order valence-corrected chi connectivity index (χ2v) is 13.4. The molecule has 2 nitrogen and oxygen atoms in total. The fourth-order valence-electron chi connectivity index (χ4n) is 8.51. The van der Waals surface area contributed by atoms with E-state index in [0.717, 1.165) is 34.0 Å². The molecule has 0 saturated carbocycles. The standard InChI is InChI=1S/C43H35NO/c1-5-43(4)32-20-10-7-16-29(32)39-33(43)21-13-22-34(39)44(35-23-14-26-38-40(35)30-17-8-11-25-37(30)45-38)36-24-12-18-28-27-15-6-9-19-31(27)42(2,3)41(28)36/h6-26H,5H2,1-4H3. The van der Waals surface area contributed by atoms with Gasteiger partial charge in [0.1, 0.15) is 11.2 Å². The highest BCUT2D eigenvalue weighted by atomic mass is 16.3. The predicted molar refractivity (Wildman–Crippen MR) is 188 cm³/mol. The van der Waals surface area contributed by atoms with Gasteiger partial charge in [-0.3, -0.25) is 0 Å². The van der Waals surface area contributed by atoms with Crippen LogP contribution in [0.25, 0.3) is 44.2 Å². The van der Waals surface area contributed by atoms with E-state index in [2.05, 4.69) is 160 Å². The third kappa shape index (κ3) is 3.40. The number of hydrogen-bond donors (Lipinski definition) is 0. The minimum absolute atomic E-state index is 0.0594. The number of furan rings is 1. The molecular weight excluding hydrogens is 546 g/mol. The van der Waals surface area contributed by atoms with Crippen LogP contribution in [0.3, 0.4) is 0 Å². The molecule has 9 rings (SSSR count). The lowest BCUT2D eigenvalue weighted by molar-refractivity contribution is 0.564. The Morgan fingerprint density at radius 3 is 1.98 bits per heavy atom. The van der Waals surface area contributed by atoms with Gasteiger partial charge < -0.3 is 9.32 Å². The van der Waals surface area contributed by atoms with Crippen LogP contribution in [0.15, 0.2) is 132 Å². The summed E-state index contributed by atoms with van der Waals surface area (Å²) >= 11 is 0. The van der Waals surface area contributed by atoms with Crippen LogP contribution in [-0.4, -0.2) is 0 Å². The van der Waals surface area contributed by atoms with Crippen molar-refractivity contribution in [1.29, 1.82) is 0 Å². The third-order valence-corrected chi connectivity index (χ3v) is 10.8. The Balaban J connectivity index is 1.43. The molecule has 0 amide bonds. The molecule has 218 valence electrons. The smallest absolute Gasteiger partial charge is 0.137 e. The van der Waals surface area contributed by atoms with Gasteiger partial charge in [0.15, 0.2) is 0 Å². The van der Waals surface area contributed by atoms with Gasteiger partial charge in [-0.2, -0.15) is 0 Å². The average Bonchev–Trinajstić information content (AvgIpc) is 3.67. The van der Waals surface area contributed by atoms with Crippen LogP contribution in [0.1, 0.15) is 56.4 Å². The largest absolute Gasteiger partial charge is 0.456 e. The average molecular weight is 582 g/mol. The van der Waals surface area contributed by atoms with Crippen molar-refractivity contribution in [2.75, 3.05) is 4.90 Å². The summed E-state index contributed by atoms with van der Waals surface area (Å²) in [6.45, 7) is 9.49. The molecule has 1 unspecified atom stereocenters. The maximum absolute atomic E-state index is 6.47. The van der Waals surface area contributed by atoms with Crippen LogP contribution < -0.4 is 4.90 Å². The number of fused-ring (bicyclic) bond motifs is 9. The summed E-state index contributed by atoms with van der Waals surface area (Å²) in [5.74, 6) is 0. The van der Waals surface area contributed by atoms with Gasteiger partial charge in [0.25, 0.3) is 0 Å². The van der Waals surface area contributed by atoms with Gasteiger partial charge in [0.2, 0.25) is 0 Å². The minimum atomic E-state index is -0.180. The van der Waals surface area contributed by atoms with Crippen LogP contribution in [0.5, 0.6) is 0 Å². The van der Waals surface area contributed by atoms with Crippen LogP contribution in [0.2, 0.25) is 0 Å². The van der Waals surface area contributed by atoms with Crippen molar-refractivity contribution >= 4 is 39.0 Å². The second-order valence-electron chi connectivity index (χ2n) is 13.4. The fourth-order valence-corrected chi connectivity index (χ4v) is 8.51. The molecule has 1 aromatic heterocycles. The first-order valence-electron chi connectivity index (χ1n) is 16.1. The van der Waals surface area contributed by atoms with Crippen LogP contribution in [0, 0.1) is 0 Å². The predicted octanol–water partition coefficient (Wildman–Crippen LogP) is 12.1. The molecule has 7 aromatic rings. The molecule has 0 spiro atoms. The normalized spacial score (nSPS) is 17.2. The topological polar surface area (TPSA) is 16.4 Å². The highest BCUT2D eigenvalue weighted by molar-refractivity contribution is 6.14. The second kappa shape index (κ2) is 9.22. The Morgan fingerprint density at radius 1 is 0.533 bits per heavy atom. The van der Waals surface area contributed by atoms with Gasteiger partial charge in [0, 0.05) is 21.8 Å². The summed E-state index contributed by atoms with van der Waals surface area (Å²) in [6, 6.07) is 46.7. The third-order valence-electron chi connectivity index (χ3n) is 10.8. The molecule has 0 radical (unpaired) electrons. The van der Waals surface area contributed by atoms with Gasteiger partial charge in [0.05, 0.1) is 22.4 Å². The number of para-hydroxylation sites is 1. The Hall–Kier alpha value is -5.08. The molecule has 0 aliphatic heterocycles. The first-order chi connectivity index (χ1) is 21.9. The summed E-state index contributed by atoms with van der Waals surface area (Å²) in [4.78, 5) is 2.55. The summed E-state index contributed by atoms with van der Waals surface area (Å²) in [7, 11) is 0. The van der Waals surface area contributed by atoms with E-state index in [0.29, 0.717) is 0 Å². The quantitative estimate of drug-likeness (QED) is 0.206. The minimum Gasteiger partial charge on any atom is -0.456 e. The molecule has 0 fully saturated rings. The van der Waals surface area contributed by atoms with Crippen molar-refractivity contribution in [2.24, 2.45) is 0 Å². The first kappa shape index (κ1) is 26.3. The molecule has 1 atom stereocenters. The van der Waals surface area contributed by atoms with Crippen molar-refractivity contribution in [3.63, 3.8) is 0 Å². The molecule has 0 bridgehead atoms. The Morgan fingerprint density at radius 2 is 1.13 bits per heavy atom. The van der Waals surface area contributed by atoms with E-state index in [9.17, 15) is 0 Å². The van der Waals surface area contributed by atoms with E-state index in [1.165, 1.54) is 55.9 Å². The van der Waals surface area contributed by atoms with Crippen LogP contribution >= 0.6 is 0 Å². The lowest BCUT2D eigenvalue weighted by Crippen LogP contribution is -2.22. The van der Waals surface area contributed by atoms with E-state index in [4.69, 9.17) is 4.42 Å². The number of rotatable bonds is 4. The van der Waals surface area contributed by atoms with E-state index in [-0.39, 0.29) is 10.8 Å². The molecule has 2 aliphatic carbocycles. The molecular formula is C43H35NO. The monoisotopic (exact) mass is 581 g/mol. The summed E-state index contributed by atoms with van der Waals surface area (Å²) in [6.07, 6.45) is 1.03. The maximum atomic E-state index is 6.47. The Labute approximate surface area is 264 Å². The van der Waals surface area contributed by atoms with Crippen molar-refractivity contribution in [3.05, 3.63) is 150 Å². The van der Waals surface area contributed by atoms with E-state index in [1.807, 2.05) is 0 Å². The molecule has 2 aliphatic rings. The SMILES string of the molecule is CCC1(C)c2ccccc2-c2c(N(c3cccc4c3C(C)(C)c3ccccc3-4)c3cccc4oc5ccccc5c34)cccc21. The molecule has 0 saturated heterocycles. The molecule has 1 heterocycles. The lowest BCUT2D eigenvalue weighted by Gasteiger charge is -2.34. The maximum Gasteiger partial charge on any atom is 0.137 e. The highest BCUT2D eigenvalue weighted by Crippen LogP contribution is 2.59. The number of nitrogens with zero attached hydrogens (tertiary/aromatic N) is 1. The van der Waals surface area contributed by atoms with Gasteiger partial charge in [-0.05, 0) is 75.7 Å². The summed E-state index contributed by atoms with van der Waals surface area (Å²) < 4.78 is 6.47. The summed E-state index contributed by atoms with van der Waals surface area (Å²) in [5, 5.41) is 2.27. The molecule has 2 heteroatoms. The fraction of sp³-hybridized carbons (Fsp3) is 0.163. The van der Waals surface area contributed by atoms with E-state index < -0.39 is 0 Å². The zero-order chi connectivity index (χ0) is 30.5. The van der Waals surface area contributed by atoms with Gasteiger partial charge in [-0.15, -0.1) is 0 Å². The van der Waals surface area contributed by atoms with Crippen LogP contribution in [0.4, 0.5) is 17.1 Å². The van der Waals surface area contributed by atoms with E-state index in [1.54, 1.807) is 0 Å². The zero-order valence-corrected chi connectivity index (χ0v) is 26.2. The first-order valence-corrected chi connectivity index (χ1v) is 16.1. The molecule has 0 N–H and O–H groups in total. The van der Waals surface area contributed by atoms with Gasteiger partial charge in [-0.1, -0.05) is 125 Å². The van der Waals surface area contributed by atoms with Crippen molar-refractivity contribution < 1.29 is 4.42 Å². The highest BCUT2D eigenvalue weighted by Gasteiger charge is 2.42. The zero-order valence-electron chi connectivity index (χ0n) is 26.2. The number of benzene rings is 6. The molecule has 6 aromatic carbocycles. The number of anilines is 3. The summed E-state index contributed by atoms with van der Waals surface area (Å²) in [5.41, 5.74) is 16.0.